The van der Waals surface area contributed by atoms with E-state index < -0.39 is 0 Å². The highest BCUT2D eigenvalue weighted by Crippen LogP contribution is 2.17. The summed E-state index contributed by atoms with van der Waals surface area (Å²) in [6, 6.07) is 13.2. The predicted octanol–water partition coefficient (Wildman–Crippen LogP) is 2.55. The van der Waals surface area contributed by atoms with Crippen LogP contribution in [0.4, 0.5) is 5.82 Å². The van der Waals surface area contributed by atoms with Gasteiger partial charge in [0.15, 0.2) is 0 Å². The fourth-order valence-electron chi connectivity index (χ4n) is 1.91. The number of aromatic nitrogens is 1. The van der Waals surface area contributed by atoms with Crippen molar-refractivity contribution in [3.8, 4) is 0 Å². The van der Waals surface area contributed by atoms with Crippen molar-refractivity contribution >= 4 is 23.3 Å². The van der Waals surface area contributed by atoms with Crippen molar-refractivity contribution in [3.63, 3.8) is 0 Å². The van der Waals surface area contributed by atoms with Gasteiger partial charge in [0, 0.05) is 6.54 Å². The van der Waals surface area contributed by atoms with Crippen molar-refractivity contribution in [1.29, 1.82) is 0 Å². The number of hydrazine groups is 1. The van der Waals surface area contributed by atoms with Crippen molar-refractivity contribution in [3.05, 3.63) is 58.7 Å². The Labute approximate surface area is 128 Å². The summed E-state index contributed by atoms with van der Waals surface area (Å²) in [7, 11) is 0. The highest BCUT2D eigenvalue weighted by Gasteiger charge is 2.14. The van der Waals surface area contributed by atoms with Crippen LogP contribution in [0.3, 0.4) is 0 Å². The summed E-state index contributed by atoms with van der Waals surface area (Å²) in [6.07, 6.45) is 0. The van der Waals surface area contributed by atoms with Gasteiger partial charge in [-0.3, -0.25) is 4.79 Å². The second-order valence-electron chi connectivity index (χ2n) is 4.69. The van der Waals surface area contributed by atoms with Gasteiger partial charge in [0.1, 0.15) is 11.5 Å². The average molecular weight is 305 g/mol. The largest absolute Gasteiger partial charge is 0.350 e. The van der Waals surface area contributed by atoms with Gasteiger partial charge in [-0.15, -0.1) is 0 Å². The number of carbonyl (C=O) groups is 1. The molecule has 0 fully saturated rings. The fraction of sp³-hybridized carbons (Fsp3) is 0.200. The fourth-order valence-corrected chi connectivity index (χ4v) is 2.10. The van der Waals surface area contributed by atoms with Gasteiger partial charge in [0.2, 0.25) is 0 Å². The van der Waals surface area contributed by atoms with E-state index in [2.05, 4.69) is 15.7 Å². The minimum Gasteiger partial charge on any atom is -0.350 e. The number of pyridine rings is 1. The number of halogens is 1. The molecule has 0 aliphatic rings. The molecule has 0 saturated carbocycles. The Kier molecular flexibility index (Phi) is 5.14. The number of nitrogens with zero attached hydrogens (tertiary/aromatic N) is 1. The molecule has 5 nitrogen and oxygen atoms in total. The lowest BCUT2D eigenvalue weighted by atomic mass is 10.0. The van der Waals surface area contributed by atoms with Crippen molar-refractivity contribution in [1.82, 2.24) is 10.3 Å². The van der Waals surface area contributed by atoms with Gasteiger partial charge in [0.25, 0.3) is 5.91 Å². The van der Waals surface area contributed by atoms with Gasteiger partial charge in [-0.05, 0) is 23.6 Å². The molecule has 110 valence electrons. The molecule has 2 rings (SSSR count). The number of nitrogen functional groups attached to an aromatic ring is 1. The molecule has 1 atom stereocenters. The number of anilines is 1. The zero-order valence-corrected chi connectivity index (χ0v) is 12.4. The van der Waals surface area contributed by atoms with E-state index in [1.165, 1.54) is 0 Å². The zero-order valence-electron chi connectivity index (χ0n) is 11.6. The van der Waals surface area contributed by atoms with Crippen LogP contribution >= 0.6 is 11.6 Å². The minimum atomic E-state index is -0.320. The predicted molar refractivity (Wildman–Crippen MR) is 84.2 cm³/mol. The molecule has 0 bridgehead atoms. The monoisotopic (exact) mass is 304 g/mol. The first kappa shape index (κ1) is 15.3. The van der Waals surface area contributed by atoms with Crippen LogP contribution in [-0.2, 0) is 0 Å². The molecule has 1 heterocycles. The number of nitrogens with one attached hydrogen (secondary N) is 2. The Balaban J connectivity index is 2.02. The molecule has 1 unspecified atom stereocenters. The van der Waals surface area contributed by atoms with Crippen LogP contribution in [0.15, 0.2) is 42.5 Å². The zero-order chi connectivity index (χ0) is 15.2. The van der Waals surface area contributed by atoms with Crippen LogP contribution in [0.2, 0.25) is 5.02 Å². The van der Waals surface area contributed by atoms with Gasteiger partial charge in [0.05, 0.1) is 5.02 Å². The molecule has 0 radical (unpaired) electrons. The summed E-state index contributed by atoms with van der Waals surface area (Å²) in [6.45, 7) is 2.55. The molecule has 21 heavy (non-hydrogen) atoms. The van der Waals surface area contributed by atoms with E-state index in [-0.39, 0.29) is 17.5 Å². The topological polar surface area (TPSA) is 80.0 Å². The Morgan fingerprint density at radius 2 is 2.00 bits per heavy atom. The van der Waals surface area contributed by atoms with Crippen molar-refractivity contribution < 1.29 is 4.79 Å². The van der Waals surface area contributed by atoms with E-state index in [1.54, 1.807) is 12.1 Å². The molecule has 0 spiro atoms. The summed E-state index contributed by atoms with van der Waals surface area (Å²) in [4.78, 5) is 16.2. The lowest BCUT2D eigenvalue weighted by molar-refractivity contribution is 0.0947. The van der Waals surface area contributed by atoms with Crippen LogP contribution in [0, 0.1) is 0 Å². The third kappa shape index (κ3) is 3.93. The highest BCUT2D eigenvalue weighted by atomic mass is 35.5. The maximum Gasteiger partial charge on any atom is 0.271 e. The van der Waals surface area contributed by atoms with Gasteiger partial charge in [-0.2, -0.15) is 0 Å². The van der Waals surface area contributed by atoms with Crippen molar-refractivity contribution in [2.75, 3.05) is 12.0 Å². The molecule has 1 aromatic carbocycles. The first-order valence-corrected chi connectivity index (χ1v) is 6.96. The van der Waals surface area contributed by atoms with Gasteiger partial charge in [-0.1, -0.05) is 48.9 Å². The molecule has 0 saturated heterocycles. The van der Waals surface area contributed by atoms with Crippen LogP contribution in [0.25, 0.3) is 0 Å². The third-order valence-electron chi connectivity index (χ3n) is 3.15. The van der Waals surface area contributed by atoms with E-state index in [0.29, 0.717) is 17.4 Å². The van der Waals surface area contributed by atoms with Crippen LogP contribution in [0.5, 0.6) is 0 Å². The van der Waals surface area contributed by atoms with Crippen molar-refractivity contribution in [2.45, 2.75) is 12.8 Å². The number of hydrogen-bond acceptors (Lipinski definition) is 4. The standard InChI is InChI=1S/C15H17ClN4O/c1-10(11-5-3-2-4-6-11)9-18-15(21)14-12(16)7-8-13(19-14)20-17/h2-8,10H,9,17H2,1H3,(H,18,21)(H,19,20). The smallest absolute Gasteiger partial charge is 0.271 e. The molecular formula is C15H17ClN4O. The second kappa shape index (κ2) is 7.06. The van der Waals surface area contributed by atoms with Crippen LogP contribution in [-0.4, -0.2) is 17.4 Å². The van der Waals surface area contributed by atoms with E-state index in [0.717, 1.165) is 5.56 Å². The van der Waals surface area contributed by atoms with Crippen molar-refractivity contribution in [2.24, 2.45) is 5.84 Å². The summed E-state index contributed by atoms with van der Waals surface area (Å²) < 4.78 is 0. The molecule has 0 aliphatic carbocycles. The number of hydrogen-bond donors (Lipinski definition) is 3. The Bertz CT molecular complexity index is 618. The van der Waals surface area contributed by atoms with Gasteiger partial charge < -0.3 is 10.7 Å². The molecule has 6 heteroatoms. The summed E-state index contributed by atoms with van der Waals surface area (Å²) in [5.41, 5.74) is 3.71. The van der Waals surface area contributed by atoms with E-state index >= 15 is 0 Å². The number of amides is 1. The Morgan fingerprint density at radius 1 is 1.29 bits per heavy atom. The third-order valence-corrected chi connectivity index (χ3v) is 3.45. The Morgan fingerprint density at radius 3 is 2.67 bits per heavy atom. The molecule has 4 N–H and O–H groups in total. The highest BCUT2D eigenvalue weighted by molar-refractivity contribution is 6.33. The molecule has 0 aliphatic heterocycles. The van der Waals surface area contributed by atoms with Gasteiger partial charge >= 0.3 is 0 Å². The molecule has 1 aromatic heterocycles. The summed E-state index contributed by atoms with van der Waals surface area (Å²) in [5.74, 6) is 5.55. The van der Waals surface area contributed by atoms with Crippen LogP contribution < -0.4 is 16.6 Å². The van der Waals surface area contributed by atoms with E-state index in [4.69, 9.17) is 17.4 Å². The Hall–Kier alpha value is -2.11. The summed E-state index contributed by atoms with van der Waals surface area (Å²) >= 11 is 5.99. The lowest BCUT2D eigenvalue weighted by Gasteiger charge is -2.13. The van der Waals surface area contributed by atoms with E-state index in [1.807, 2.05) is 37.3 Å². The number of rotatable bonds is 5. The SMILES string of the molecule is CC(CNC(=O)c1nc(NN)ccc1Cl)c1ccccc1. The second-order valence-corrected chi connectivity index (χ2v) is 5.10. The molecular weight excluding hydrogens is 288 g/mol. The maximum atomic E-state index is 12.1. The lowest BCUT2D eigenvalue weighted by Crippen LogP contribution is -2.28. The average Bonchev–Trinajstić information content (AvgIpc) is 2.53. The molecule has 1 amide bonds. The quantitative estimate of drug-likeness (QED) is 0.586. The van der Waals surface area contributed by atoms with E-state index in [9.17, 15) is 4.79 Å². The first-order chi connectivity index (χ1) is 10.1. The first-order valence-electron chi connectivity index (χ1n) is 6.58. The maximum absolute atomic E-state index is 12.1. The van der Waals surface area contributed by atoms with Crippen LogP contribution in [0.1, 0.15) is 28.9 Å². The molecule has 2 aromatic rings. The minimum absolute atomic E-state index is 0.160. The number of carbonyl (C=O) groups excluding carboxylic acids is 1. The number of benzene rings is 1. The summed E-state index contributed by atoms with van der Waals surface area (Å²) in [5, 5.41) is 3.13. The van der Waals surface area contributed by atoms with Gasteiger partial charge in [-0.25, -0.2) is 10.8 Å². The number of nitrogens with two attached hydrogens (primary N) is 1. The normalized spacial score (nSPS) is 11.8.